The molecule has 0 aliphatic carbocycles. The monoisotopic (exact) mass is 262 g/mol. The molecule has 2 N–H and O–H groups in total. The predicted molar refractivity (Wildman–Crippen MR) is 80.5 cm³/mol. The Morgan fingerprint density at radius 3 is 2.58 bits per heavy atom. The Kier molecular flexibility index (Phi) is 5.23. The number of rotatable bonds is 6. The second-order valence-electron chi connectivity index (χ2n) is 5.28. The van der Waals surface area contributed by atoms with Gasteiger partial charge in [0.2, 0.25) is 0 Å². The third-order valence-corrected chi connectivity index (χ3v) is 3.96. The van der Waals surface area contributed by atoms with Gasteiger partial charge in [-0.1, -0.05) is 19.1 Å². The molecule has 0 saturated carbocycles. The van der Waals surface area contributed by atoms with Gasteiger partial charge in [0, 0.05) is 31.4 Å². The topological polar surface area (TPSA) is 38.5 Å². The lowest BCUT2D eigenvalue weighted by Crippen LogP contribution is -2.32. The SMILES string of the molecule is CCC(N)c1ccc(N(CC)CC2CCCO2)cc1. The van der Waals surface area contributed by atoms with Crippen molar-refractivity contribution in [2.24, 2.45) is 5.73 Å². The molecule has 2 atom stereocenters. The van der Waals surface area contributed by atoms with E-state index >= 15 is 0 Å². The van der Waals surface area contributed by atoms with Gasteiger partial charge in [-0.05, 0) is 43.9 Å². The fourth-order valence-corrected chi connectivity index (χ4v) is 2.62. The standard InChI is InChI=1S/C16H26N2O/c1-3-16(17)13-7-9-14(10-8-13)18(4-2)12-15-6-5-11-19-15/h7-10,15-16H,3-6,11-12,17H2,1-2H3. The van der Waals surface area contributed by atoms with Crippen molar-refractivity contribution in [2.75, 3.05) is 24.6 Å². The zero-order valence-electron chi connectivity index (χ0n) is 12.1. The number of anilines is 1. The van der Waals surface area contributed by atoms with Crippen LogP contribution in [0.1, 0.15) is 44.7 Å². The van der Waals surface area contributed by atoms with Crippen molar-refractivity contribution < 1.29 is 4.74 Å². The average Bonchev–Trinajstić information content (AvgIpc) is 2.97. The van der Waals surface area contributed by atoms with E-state index in [2.05, 4.69) is 43.0 Å². The molecule has 1 fully saturated rings. The first-order chi connectivity index (χ1) is 9.24. The van der Waals surface area contributed by atoms with Crippen LogP contribution in [0.3, 0.4) is 0 Å². The first kappa shape index (κ1) is 14.4. The largest absolute Gasteiger partial charge is 0.376 e. The van der Waals surface area contributed by atoms with Gasteiger partial charge >= 0.3 is 0 Å². The molecule has 1 saturated heterocycles. The maximum absolute atomic E-state index is 6.05. The van der Waals surface area contributed by atoms with Gasteiger partial charge in [0.15, 0.2) is 0 Å². The van der Waals surface area contributed by atoms with Gasteiger partial charge in [-0.25, -0.2) is 0 Å². The Morgan fingerprint density at radius 2 is 2.05 bits per heavy atom. The van der Waals surface area contributed by atoms with Crippen LogP contribution in [-0.2, 0) is 4.74 Å². The van der Waals surface area contributed by atoms with Crippen LogP contribution < -0.4 is 10.6 Å². The molecule has 106 valence electrons. The molecule has 2 rings (SSSR count). The minimum atomic E-state index is 0.155. The van der Waals surface area contributed by atoms with Crippen molar-refractivity contribution >= 4 is 5.69 Å². The Labute approximate surface area is 116 Å². The van der Waals surface area contributed by atoms with Gasteiger partial charge in [0.05, 0.1) is 6.10 Å². The molecule has 0 aromatic heterocycles. The minimum absolute atomic E-state index is 0.155. The quantitative estimate of drug-likeness (QED) is 0.856. The van der Waals surface area contributed by atoms with E-state index < -0.39 is 0 Å². The Bertz CT molecular complexity index is 371. The summed E-state index contributed by atoms with van der Waals surface area (Å²) >= 11 is 0. The fraction of sp³-hybridized carbons (Fsp3) is 0.625. The van der Waals surface area contributed by atoms with Gasteiger partial charge in [-0.3, -0.25) is 0 Å². The summed E-state index contributed by atoms with van der Waals surface area (Å²) in [6.45, 7) is 7.25. The zero-order chi connectivity index (χ0) is 13.7. The van der Waals surface area contributed by atoms with Crippen molar-refractivity contribution in [3.63, 3.8) is 0 Å². The molecular formula is C16H26N2O. The minimum Gasteiger partial charge on any atom is -0.376 e. The predicted octanol–water partition coefficient (Wildman–Crippen LogP) is 3.10. The maximum Gasteiger partial charge on any atom is 0.0750 e. The van der Waals surface area contributed by atoms with E-state index in [1.807, 2.05) is 0 Å². The molecular weight excluding hydrogens is 236 g/mol. The molecule has 1 aromatic carbocycles. The molecule has 2 unspecified atom stereocenters. The average molecular weight is 262 g/mol. The number of nitrogens with zero attached hydrogens (tertiary/aromatic N) is 1. The molecule has 19 heavy (non-hydrogen) atoms. The van der Waals surface area contributed by atoms with Crippen LogP contribution in [0.15, 0.2) is 24.3 Å². The molecule has 0 spiro atoms. The molecule has 0 radical (unpaired) electrons. The highest BCUT2D eigenvalue weighted by atomic mass is 16.5. The number of hydrogen-bond acceptors (Lipinski definition) is 3. The third kappa shape index (κ3) is 3.71. The number of likely N-dealkylation sites (N-methyl/N-ethyl adjacent to an activating group) is 1. The number of benzene rings is 1. The summed E-state index contributed by atoms with van der Waals surface area (Å²) in [7, 11) is 0. The van der Waals surface area contributed by atoms with E-state index in [4.69, 9.17) is 10.5 Å². The van der Waals surface area contributed by atoms with E-state index in [1.165, 1.54) is 24.1 Å². The van der Waals surface area contributed by atoms with Gasteiger partial charge in [0.1, 0.15) is 0 Å². The molecule has 0 bridgehead atoms. The highest BCUT2D eigenvalue weighted by Gasteiger charge is 2.18. The maximum atomic E-state index is 6.05. The lowest BCUT2D eigenvalue weighted by Gasteiger charge is -2.26. The van der Waals surface area contributed by atoms with Crippen molar-refractivity contribution in [3.8, 4) is 0 Å². The van der Waals surface area contributed by atoms with Gasteiger partial charge in [-0.15, -0.1) is 0 Å². The normalized spacial score (nSPS) is 20.5. The van der Waals surface area contributed by atoms with Crippen LogP contribution >= 0.6 is 0 Å². The summed E-state index contributed by atoms with van der Waals surface area (Å²) in [6.07, 6.45) is 3.77. The van der Waals surface area contributed by atoms with Crippen molar-refractivity contribution in [3.05, 3.63) is 29.8 Å². The van der Waals surface area contributed by atoms with Gasteiger partial charge < -0.3 is 15.4 Å². The lowest BCUT2D eigenvalue weighted by molar-refractivity contribution is 0.115. The van der Waals surface area contributed by atoms with E-state index in [9.17, 15) is 0 Å². The van der Waals surface area contributed by atoms with Crippen LogP contribution in [0.2, 0.25) is 0 Å². The van der Waals surface area contributed by atoms with E-state index in [0.717, 1.165) is 26.1 Å². The van der Waals surface area contributed by atoms with Crippen LogP contribution in [-0.4, -0.2) is 25.8 Å². The Morgan fingerprint density at radius 1 is 1.32 bits per heavy atom. The summed E-state index contributed by atoms with van der Waals surface area (Å²) in [5.41, 5.74) is 8.54. The number of ether oxygens (including phenoxy) is 1. The second-order valence-corrected chi connectivity index (χ2v) is 5.28. The van der Waals surface area contributed by atoms with Crippen LogP contribution in [0, 0.1) is 0 Å². The Balaban J connectivity index is 2.01. The lowest BCUT2D eigenvalue weighted by atomic mass is 10.0. The summed E-state index contributed by atoms with van der Waals surface area (Å²) in [5, 5.41) is 0. The van der Waals surface area contributed by atoms with Crippen LogP contribution in [0.4, 0.5) is 5.69 Å². The molecule has 1 aliphatic rings. The van der Waals surface area contributed by atoms with Crippen LogP contribution in [0.25, 0.3) is 0 Å². The van der Waals surface area contributed by atoms with Crippen LogP contribution in [0.5, 0.6) is 0 Å². The summed E-state index contributed by atoms with van der Waals surface area (Å²) < 4.78 is 5.72. The highest BCUT2D eigenvalue weighted by molar-refractivity contribution is 5.48. The van der Waals surface area contributed by atoms with Gasteiger partial charge in [-0.2, -0.15) is 0 Å². The second kappa shape index (κ2) is 6.92. The van der Waals surface area contributed by atoms with Crippen molar-refractivity contribution in [1.29, 1.82) is 0 Å². The third-order valence-electron chi connectivity index (χ3n) is 3.96. The molecule has 3 heteroatoms. The smallest absolute Gasteiger partial charge is 0.0750 e. The van der Waals surface area contributed by atoms with Crippen molar-refractivity contribution in [1.82, 2.24) is 0 Å². The Hall–Kier alpha value is -1.06. The van der Waals surface area contributed by atoms with Gasteiger partial charge in [0.25, 0.3) is 0 Å². The summed E-state index contributed by atoms with van der Waals surface area (Å²) in [5.74, 6) is 0. The van der Waals surface area contributed by atoms with Crippen molar-refractivity contribution in [2.45, 2.75) is 45.3 Å². The summed E-state index contributed by atoms with van der Waals surface area (Å²) in [4.78, 5) is 2.39. The van der Waals surface area contributed by atoms with E-state index in [0.29, 0.717) is 6.10 Å². The molecule has 3 nitrogen and oxygen atoms in total. The molecule has 1 heterocycles. The molecule has 0 amide bonds. The zero-order valence-corrected chi connectivity index (χ0v) is 12.1. The fourth-order valence-electron chi connectivity index (χ4n) is 2.62. The summed E-state index contributed by atoms with van der Waals surface area (Å²) in [6, 6.07) is 8.83. The highest BCUT2D eigenvalue weighted by Crippen LogP contribution is 2.22. The van der Waals surface area contributed by atoms with E-state index in [-0.39, 0.29) is 6.04 Å². The number of nitrogens with two attached hydrogens (primary N) is 1. The number of hydrogen-bond donors (Lipinski definition) is 1. The first-order valence-electron chi connectivity index (χ1n) is 7.46. The molecule has 1 aliphatic heterocycles. The first-order valence-corrected chi connectivity index (χ1v) is 7.46. The molecule has 1 aromatic rings. The van der Waals surface area contributed by atoms with E-state index in [1.54, 1.807) is 0 Å².